The molecular formula is C27H24N4O3S. The van der Waals surface area contributed by atoms with Crippen molar-refractivity contribution in [2.24, 2.45) is 0 Å². The zero-order chi connectivity index (χ0) is 24.4. The topological polar surface area (TPSA) is 84.3 Å². The molecule has 2 heterocycles. The minimum Gasteiger partial charge on any atom is -0.324 e. The molecule has 35 heavy (non-hydrogen) atoms. The van der Waals surface area contributed by atoms with E-state index in [1.165, 1.54) is 11.8 Å². The lowest BCUT2D eigenvalue weighted by Crippen LogP contribution is -2.26. The summed E-state index contributed by atoms with van der Waals surface area (Å²) in [6, 6.07) is 22.1. The van der Waals surface area contributed by atoms with Crippen LogP contribution >= 0.6 is 11.8 Å². The molecule has 8 heteroatoms. The number of fused-ring (bicyclic) bond motifs is 1. The van der Waals surface area contributed by atoms with E-state index in [1.54, 1.807) is 27.7 Å². The monoisotopic (exact) mass is 484 g/mol. The van der Waals surface area contributed by atoms with Crippen LogP contribution in [-0.4, -0.2) is 33.7 Å². The van der Waals surface area contributed by atoms with Gasteiger partial charge in [-0.3, -0.25) is 19.0 Å². The van der Waals surface area contributed by atoms with Gasteiger partial charge in [-0.2, -0.15) is 0 Å². The van der Waals surface area contributed by atoms with E-state index in [2.05, 4.69) is 5.32 Å². The van der Waals surface area contributed by atoms with Crippen molar-refractivity contribution >= 4 is 45.9 Å². The molecule has 1 fully saturated rings. The molecule has 3 aromatic carbocycles. The van der Waals surface area contributed by atoms with Crippen LogP contribution in [0.15, 0.2) is 82.7 Å². The molecule has 1 saturated heterocycles. The van der Waals surface area contributed by atoms with Gasteiger partial charge < -0.3 is 10.2 Å². The number of carbonyl (C=O) groups excluding carboxylic acids is 2. The van der Waals surface area contributed by atoms with Crippen molar-refractivity contribution in [2.45, 2.75) is 24.9 Å². The third kappa shape index (κ3) is 4.57. The van der Waals surface area contributed by atoms with Crippen molar-refractivity contribution in [1.29, 1.82) is 0 Å². The summed E-state index contributed by atoms with van der Waals surface area (Å²) < 4.78 is 1.58. The van der Waals surface area contributed by atoms with Crippen LogP contribution in [0, 0.1) is 6.92 Å². The van der Waals surface area contributed by atoms with Gasteiger partial charge in [0.1, 0.15) is 0 Å². The lowest BCUT2D eigenvalue weighted by molar-refractivity contribution is -0.117. The summed E-state index contributed by atoms with van der Waals surface area (Å²) in [7, 11) is 0. The minimum absolute atomic E-state index is 0.0545. The Morgan fingerprint density at radius 3 is 2.46 bits per heavy atom. The number of anilines is 2. The van der Waals surface area contributed by atoms with E-state index >= 15 is 0 Å². The van der Waals surface area contributed by atoms with Crippen molar-refractivity contribution in [3.63, 3.8) is 0 Å². The standard InChI is InChI=1S/C27H24N4O3S/c1-18-9-2-6-13-22(18)31-26(34)19-10-3-4-11-20(19)29-27(31)35-17-24(32)28-21-12-5-7-14-23(21)30-16-8-15-25(30)33/h2-7,9-14H,8,15-17H2,1H3,(H,28,32). The zero-order valence-corrected chi connectivity index (χ0v) is 20.0. The Kier molecular flexibility index (Phi) is 6.37. The molecule has 1 aliphatic heterocycles. The molecule has 4 aromatic rings. The molecule has 0 saturated carbocycles. The van der Waals surface area contributed by atoms with Crippen LogP contribution in [0.25, 0.3) is 16.6 Å². The fraction of sp³-hybridized carbons (Fsp3) is 0.185. The van der Waals surface area contributed by atoms with Gasteiger partial charge in [-0.1, -0.05) is 54.2 Å². The third-order valence-corrected chi connectivity index (χ3v) is 6.91. The fourth-order valence-corrected chi connectivity index (χ4v) is 5.08. The number of nitrogens with zero attached hydrogens (tertiary/aromatic N) is 3. The number of rotatable bonds is 6. The summed E-state index contributed by atoms with van der Waals surface area (Å²) >= 11 is 1.20. The molecule has 176 valence electrons. The summed E-state index contributed by atoms with van der Waals surface area (Å²) in [5, 5.41) is 3.90. The highest BCUT2D eigenvalue weighted by molar-refractivity contribution is 7.99. The molecule has 0 radical (unpaired) electrons. The van der Waals surface area contributed by atoms with Gasteiger partial charge in [-0.25, -0.2) is 4.98 Å². The normalized spacial score (nSPS) is 13.4. The quantitative estimate of drug-likeness (QED) is 0.321. The van der Waals surface area contributed by atoms with Gasteiger partial charge >= 0.3 is 0 Å². The second kappa shape index (κ2) is 9.76. The summed E-state index contributed by atoms with van der Waals surface area (Å²) in [6.45, 7) is 2.58. The van der Waals surface area contributed by atoms with Gasteiger partial charge in [0.05, 0.1) is 33.7 Å². The maximum Gasteiger partial charge on any atom is 0.266 e. The predicted octanol–water partition coefficient (Wildman–Crippen LogP) is 4.55. The van der Waals surface area contributed by atoms with Gasteiger partial charge in [0, 0.05) is 13.0 Å². The average molecular weight is 485 g/mol. The average Bonchev–Trinajstić information content (AvgIpc) is 3.29. The number of thioether (sulfide) groups is 1. The van der Waals surface area contributed by atoms with Crippen LogP contribution in [0.4, 0.5) is 11.4 Å². The smallest absolute Gasteiger partial charge is 0.266 e. The second-order valence-corrected chi connectivity index (χ2v) is 9.28. The highest BCUT2D eigenvalue weighted by Crippen LogP contribution is 2.30. The van der Waals surface area contributed by atoms with Gasteiger partial charge in [0.15, 0.2) is 5.16 Å². The second-order valence-electron chi connectivity index (χ2n) is 8.34. The number of aromatic nitrogens is 2. The van der Waals surface area contributed by atoms with Crippen LogP contribution in [0.2, 0.25) is 0 Å². The van der Waals surface area contributed by atoms with Crippen LogP contribution in [-0.2, 0) is 9.59 Å². The molecule has 0 spiro atoms. The van der Waals surface area contributed by atoms with Crippen molar-refractivity contribution in [2.75, 3.05) is 22.5 Å². The first kappa shape index (κ1) is 22.9. The van der Waals surface area contributed by atoms with Gasteiger partial charge in [-0.05, 0) is 49.2 Å². The van der Waals surface area contributed by atoms with Crippen LogP contribution in [0.3, 0.4) is 0 Å². The fourth-order valence-electron chi connectivity index (χ4n) is 4.27. The highest BCUT2D eigenvalue weighted by atomic mass is 32.2. The van der Waals surface area contributed by atoms with E-state index in [0.717, 1.165) is 17.7 Å². The molecular weight excluding hydrogens is 460 g/mol. The number of hydrogen-bond donors (Lipinski definition) is 1. The van der Waals surface area contributed by atoms with Crippen LogP contribution < -0.4 is 15.8 Å². The highest BCUT2D eigenvalue weighted by Gasteiger charge is 2.24. The van der Waals surface area contributed by atoms with E-state index in [-0.39, 0.29) is 23.1 Å². The maximum absolute atomic E-state index is 13.4. The Morgan fingerprint density at radius 2 is 1.69 bits per heavy atom. The van der Waals surface area contributed by atoms with Crippen molar-refractivity contribution in [1.82, 2.24) is 9.55 Å². The zero-order valence-electron chi connectivity index (χ0n) is 19.2. The molecule has 0 atom stereocenters. The van der Waals surface area contributed by atoms with E-state index in [1.807, 2.05) is 61.5 Å². The predicted molar refractivity (Wildman–Crippen MR) is 139 cm³/mol. The molecule has 5 rings (SSSR count). The maximum atomic E-state index is 13.4. The van der Waals surface area contributed by atoms with Crippen LogP contribution in [0.1, 0.15) is 18.4 Å². The molecule has 2 amide bonds. The largest absolute Gasteiger partial charge is 0.324 e. The summed E-state index contributed by atoms with van der Waals surface area (Å²) in [5.74, 6) is -0.129. The Hall–Kier alpha value is -3.91. The number of benzene rings is 3. The Morgan fingerprint density at radius 1 is 0.971 bits per heavy atom. The molecule has 1 N–H and O–H groups in total. The molecule has 0 aliphatic carbocycles. The SMILES string of the molecule is Cc1ccccc1-n1c(SCC(=O)Nc2ccccc2N2CCCC2=O)nc2ccccc2c1=O. The number of nitrogens with one attached hydrogen (secondary N) is 1. The van der Waals surface area contributed by atoms with Crippen molar-refractivity contribution in [3.8, 4) is 5.69 Å². The van der Waals surface area contributed by atoms with Gasteiger partial charge in [-0.15, -0.1) is 0 Å². The van der Waals surface area contributed by atoms with Crippen molar-refractivity contribution < 1.29 is 9.59 Å². The molecule has 0 bridgehead atoms. The van der Waals surface area contributed by atoms with Crippen molar-refractivity contribution in [3.05, 3.63) is 88.7 Å². The molecule has 0 unspecified atom stereocenters. The minimum atomic E-state index is -0.243. The first-order valence-electron chi connectivity index (χ1n) is 11.4. The van der Waals surface area contributed by atoms with Gasteiger partial charge in [0.25, 0.3) is 5.56 Å². The first-order valence-corrected chi connectivity index (χ1v) is 12.4. The summed E-state index contributed by atoms with van der Waals surface area (Å²) in [6.07, 6.45) is 1.32. The molecule has 7 nitrogen and oxygen atoms in total. The number of aryl methyl sites for hydroxylation is 1. The summed E-state index contributed by atoms with van der Waals surface area (Å²) in [5.41, 5.74) is 3.37. The third-order valence-electron chi connectivity index (χ3n) is 5.98. The van der Waals surface area contributed by atoms with E-state index in [9.17, 15) is 14.4 Å². The van der Waals surface area contributed by atoms with Crippen LogP contribution in [0.5, 0.6) is 0 Å². The number of carbonyl (C=O) groups is 2. The molecule has 1 aliphatic rings. The first-order chi connectivity index (χ1) is 17.0. The number of para-hydroxylation sites is 4. The number of hydrogen-bond acceptors (Lipinski definition) is 5. The summed E-state index contributed by atoms with van der Waals surface area (Å²) in [4.78, 5) is 45.0. The molecule has 1 aromatic heterocycles. The Labute approximate surface area is 206 Å². The van der Waals surface area contributed by atoms with E-state index in [4.69, 9.17) is 4.98 Å². The lowest BCUT2D eigenvalue weighted by atomic mass is 10.2. The Bertz CT molecular complexity index is 1500. The lowest BCUT2D eigenvalue weighted by Gasteiger charge is -2.20. The number of amides is 2. The Balaban J connectivity index is 1.44. The van der Waals surface area contributed by atoms with E-state index < -0.39 is 0 Å². The van der Waals surface area contributed by atoms with Gasteiger partial charge in [0.2, 0.25) is 11.8 Å². The van der Waals surface area contributed by atoms with E-state index in [0.29, 0.717) is 40.4 Å².